The van der Waals surface area contributed by atoms with E-state index >= 15 is 0 Å². The van der Waals surface area contributed by atoms with Gasteiger partial charge in [0.15, 0.2) is 11.1 Å². The summed E-state index contributed by atoms with van der Waals surface area (Å²) < 4.78 is 0. The number of aliphatic imine (C=N–C) groups is 2. The van der Waals surface area contributed by atoms with Crippen molar-refractivity contribution < 1.29 is 9.59 Å². The highest BCUT2D eigenvalue weighted by atomic mass is 35.5. The van der Waals surface area contributed by atoms with Crippen LogP contribution in [0, 0.1) is 6.92 Å². The second-order valence-electron chi connectivity index (χ2n) is 4.54. The summed E-state index contributed by atoms with van der Waals surface area (Å²) >= 11 is 7.05. The minimum atomic E-state index is -0.627. The molecule has 1 atom stereocenters. The fraction of sp³-hybridized carbons (Fsp3) is 0.231. The van der Waals surface area contributed by atoms with Crippen molar-refractivity contribution in [2.24, 2.45) is 21.5 Å². The van der Waals surface area contributed by atoms with Gasteiger partial charge in [0.1, 0.15) is 5.25 Å². The predicted molar refractivity (Wildman–Crippen MR) is 89.1 cm³/mol. The van der Waals surface area contributed by atoms with E-state index in [0.29, 0.717) is 10.7 Å². The number of amidine groups is 1. The monoisotopic (exact) mass is 339 g/mol. The summed E-state index contributed by atoms with van der Waals surface area (Å²) in [4.78, 5) is 31.2. The Hall–Kier alpha value is -2.06. The van der Waals surface area contributed by atoms with E-state index < -0.39 is 11.2 Å². The number of carbonyl (C=O) groups excluding carboxylic acids is 2. The van der Waals surface area contributed by atoms with Crippen LogP contribution in [0.4, 0.5) is 5.69 Å². The van der Waals surface area contributed by atoms with Crippen LogP contribution in [0.3, 0.4) is 0 Å². The minimum Gasteiger partial charge on any atom is -0.370 e. The molecule has 0 aromatic heterocycles. The fourth-order valence-corrected chi connectivity index (χ4v) is 2.89. The van der Waals surface area contributed by atoms with Gasteiger partial charge in [0.25, 0.3) is 5.91 Å². The van der Waals surface area contributed by atoms with Gasteiger partial charge in [-0.3, -0.25) is 9.59 Å². The number of amides is 2. The van der Waals surface area contributed by atoms with Gasteiger partial charge < -0.3 is 16.8 Å². The highest BCUT2D eigenvalue weighted by Crippen LogP contribution is 2.27. The van der Waals surface area contributed by atoms with Crippen molar-refractivity contribution in [2.45, 2.75) is 18.6 Å². The van der Waals surface area contributed by atoms with E-state index in [2.05, 4.69) is 15.3 Å². The second-order valence-corrected chi connectivity index (χ2v) is 6.12. The molecule has 9 heteroatoms. The summed E-state index contributed by atoms with van der Waals surface area (Å²) in [6.07, 6.45) is -0.0253. The number of hydrogen-bond donors (Lipinski definition) is 3. The van der Waals surface area contributed by atoms with Crippen LogP contribution in [0.5, 0.6) is 0 Å². The van der Waals surface area contributed by atoms with Crippen LogP contribution >= 0.6 is 23.4 Å². The zero-order valence-electron chi connectivity index (χ0n) is 11.7. The number of nitrogens with one attached hydrogen (secondary N) is 1. The number of nitrogens with two attached hydrogens (primary N) is 2. The van der Waals surface area contributed by atoms with Gasteiger partial charge in [-0.1, -0.05) is 29.4 Å². The second kappa shape index (κ2) is 6.80. The van der Waals surface area contributed by atoms with Crippen LogP contribution in [-0.2, 0) is 9.59 Å². The van der Waals surface area contributed by atoms with Crippen molar-refractivity contribution in [3.05, 3.63) is 28.8 Å². The first-order valence-corrected chi connectivity index (χ1v) is 7.56. The Balaban J connectivity index is 1.98. The van der Waals surface area contributed by atoms with Crippen LogP contribution in [0.1, 0.15) is 12.0 Å². The topological polar surface area (TPSA) is 123 Å². The zero-order chi connectivity index (χ0) is 16.3. The summed E-state index contributed by atoms with van der Waals surface area (Å²) in [6.45, 7) is 1.80. The lowest BCUT2D eigenvalue weighted by molar-refractivity contribution is -0.121. The Labute approximate surface area is 136 Å². The molecule has 7 nitrogen and oxygen atoms in total. The number of halogens is 1. The smallest absolute Gasteiger partial charge is 0.262 e. The van der Waals surface area contributed by atoms with Gasteiger partial charge in [-0.05, 0) is 24.6 Å². The molecule has 0 bridgehead atoms. The maximum atomic E-state index is 12.1. The Bertz CT molecular complexity index is 685. The molecule has 0 saturated carbocycles. The van der Waals surface area contributed by atoms with Crippen molar-refractivity contribution in [1.82, 2.24) is 0 Å². The van der Waals surface area contributed by atoms with Crippen LogP contribution in [0.15, 0.2) is 28.2 Å². The molecule has 1 aliphatic rings. The molecule has 22 heavy (non-hydrogen) atoms. The fourth-order valence-electron chi connectivity index (χ4n) is 1.77. The molecule has 0 unspecified atom stereocenters. The zero-order valence-corrected chi connectivity index (χ0v) is 13.2. The highest BCUT2D eigenvalue weighted by molar-refractivity contribution is 8.15. The normalized spacial score (nSPS) is 17.1. The van der Waals surface area contributed by atoms with Crippen molar-refractivity contribution in [1.29, 1.82) is 0 Å². The molecule has 1 aromatic rings. The number of rotatable bonds is 3. The first kappa shape index (κ1) is 16.3. The van der Waals surface area contributed by atoms with Crippen molar-refractivity contribution in [3.63, 3.8) is 0 Å². The maximum Gasteiger partial charge on any atom is 0.262 e. The lowest BCUT2D eigenvalue weighted by Crippen LogP contribution is -2.23. The van der Waals surface area contributed by atoms with Gasteiger partial charge >= 0.3 is 0 Å². The van der Waals surface area contributed by atoms with Crippen molar-refractivity contribution >= 4 is 52.0 Å². The van der Waals surface area contributed by atoms with Crippen LogP contribution < -0.4 is 16.8 Å². The molecular formula is C13H14ClN5O2S. The highest BCUT2D eigenvalue weighted by Gasteiger charge is 2.30. The third kappa shape index (κ3) is 3.99. The number of carbonyl (C=O) groups is 2. The number of anilines is 1. The molecule has 0 radical (unpaired) electrons. The summed E-state index contributed by atoms with van der Waals surface area (Å²) in [5.41, 5.74) is 11.8. The largest absolute Gasteiger partial charge is 0.370 e. The maximum absolute atomic E-state index is 12.1. The third-order valence-corrected chi connectivity index (χ3v) is 4.32. The predicted octanol–water partition coefficient (Wildman–Crippen LogP) is 1.25. The molecule has 116 valence electrons. The van der Waals surface area contributed by atoms with E-state index in [1.54, 1.807) is 25.1 Å². The number of benzene rings is 1. The van der Waals surface area contributed by atoms with E-state index in [1.807, 2.05) is 0 Å². The van der Waals surface area contributed by atoms with Gasteiger partial charge in [-0.15, -0.1) is 0 Å². The van der Waals surface area contributed by atoms with Crippen LogP contribution in [0.2, 0.25) is 5.02 Å². The van der Waals surface area contributed by atoms with Crippen molar-refractivity contribution in [2.75, 3.05) is 5.32 Å². The van der Waals surface area contributed by atoms with Gasteiger partial charge in [-0.25, -0.2) is 0 Å². The Morgan fingerprint density at radius 3 is 2.91 bits per heavy atom. The van der Waals surface area contributed by atoms with Gasteiger partial charge in [-0.2, -0.15) is 9.98 Å². The number of hydrogen-bond acceptors (Lipinski definition) is 4. The first-order valence-electron chi connectivity index (χ1n) is 6.30. The molecule has 0 saturated heterocycles. The Morgan fingerprint density at radius 2 is 2.23 bits per heavy atom. The summed E-state index contributed by atoms with van der Waals surface area (Å²) in [5.74, 6) is -0.918. The quantitative estimate of drug-likeness (QED) is 0.565. The van der Waals surface area contributed by atoms with Crippen LogP contribution in [0.25, 0.3) is 0 Å². The van der Waals surface area contributed by atoms with E-state index in [0.717, 1.165) is 17.3 Å². The van der Waals surface area contributed by atoms with Gasteiger partial charge in [0.05, 0.1) is 0 Å². The molecule has 2 amide bonds. The Morgan fingerprint density at radius 1 is 1.50 bits per heavy atom. The van der Waals surface area contributed by atoms with E-state index in [1.165, 1.54) is 0 Å². The van der Waals surface area contributed by atoms with E-state index in [9.17, 15) is 9.59 Å². The molecule has 1 heterocycles. The molecular weight excluding hydrogens is 326 g/mol. The first-order chi connectivity index (χ1) is 10.4. The SMILES string of the molecule is Cc1c(Cl)cccc1NC(=O)C[C@@H]1SC(N=C(N)N)=NC1=O. The van der Waals surface area contributed by atoms with Crippen LogP contribution in [-0.4, -0.2) is 28.2 Å². The third-order valence-electron chi connectivity index (χ3n) is 2.87. The van der Waals surface area contributed by atoms with Gasteiger partial charge in [0.2, 0.25) is 5.91 Å². The van der Waals surface area contributed by atoms with E-state index in [4.69, 9.17) is 23.1 Å². The molecule has 2 rings (SSSR count). The average molecular weight is 340 g/mol. The van der Waals surface area contributed by atoms with Gasteiger partial charge in [0, 0.05) is 17.1 Å². The lowest BCUT2D eigenvalue weighted by atomic mass is 10.2. The summed E-state index contributed by atoms with van der Waals surface area (Å²) in [6, 6.07) is 5.21. The minimum absolute atomic E-state index is 0.0253. The average Bonchev–Trinajstić information content (AvgIpc) is 2.74. The lowest BCUT2D eigenvalue weighted by Gasteiger charge is -2.11. The Kier molecular flexibility index (Phi) is 5.04. The van der Waals surface area contributed by atoms with Crippen molar-refractivity contribution in [3.8, 4) is 0 Å². The molecule has 0 aliphatic carbocycles. The molecule has 1 aliphatic heterocycles. The molecule has 1 aromatic carbocycles. The number of guanidine groups is 1. The number of thioether (sulfide) groups is 1. The standard InChI is InChI=1S/C13H14ClN5O2S/c1-6-7(14)3-2-4-8(6)17-10(20)5-9-11(21)18-13(22-9)19-12(15)16/h2-4,9H,5H2,1H3,(H,17,20)(H4,15,16,18,19,21)/t9-/m0/s1. The summed E-state index contributed by atoms with van der Waals surface area (Å²) in [5, 5.41) is 2.83. The molecule has 0 spiro atoms. The number of nitrogens with zero attached hydrogens (tertiary/aromatic N) is 2. The van der Waals surface area contributed by atoms with E-state index in [-0.39, 0.29) is 23.5 Å². The summed E-state index contributed by atoms with van der Waals surface area (Å²) in [7, 11) is 0. The molecule has 5 N–H and O–H groups in total. The molecule has 0 fully saturated rings.